The highest BCUT2D eigenvalue weighted by atomic mass is 32.1. The third kappa shape index (κ3) is 3.31. The fourth-order valence-corrected chi connectivity index (χ4v) is 3.87. The van der Waals surface area contributed by atoms with Crippen LogP contribution < -0.4 is 16.8 Å². The van der Waals surface area contributed by atoms with Crippen LogP contribution in [0.2, 0.25) is 0 Å². The van der Waals surface area contributed by atoms with Gasteiger partial charge in [0.2, 0.25) is 0 Å². The van der Waals surface area contributed by atoms with Crippen LogP contribution in [0.4, 0.5) is 13.2 Å². The molecule has 0 aliphatic heterocycles. The zero-order valence-corrected chi connectivity index (χ0v) is 15.4. The number of fused-ring (bicyclic) bond motifs is 1. The van der Waals surface area contributed by atoms with Crippen molar-refractivity contribution in [1.29, 1.82) is 0 Å². The smallest absolute Gasteiger partial charge is 0.329 e. The fourth-order valence-electron chi connectivity index (χ4n) is 3.07. The SMILES string of the molecule is O=c1[nH]cccc1Cn1c(=O)c2cscc2n(Cc2cc(F)c(F)c(F)c2)c1=O. The van der Waals surface area contributed by atoms with E-state index in [9.17, 15) is 27.6 Å². The lowest BCUT2D eigenvalue weighted by Gasteiger charge is -2.13. The maximum atomic E-state index is 13.6. The van der Waals surface area contributed by atoms with Crippen LogP contribution in [-0.4, -0.2) is 14.1 Å². The van der Waals surface area contributed by atoms with Crippen molar-refractivity contribution in [3.8, 4) is 0 Å². The van der Waals surface area contributed by atoms with E-state index in [4.69, 9.17) is 0 Å². The molecular weight excluding hydrogens is 407 g/mol. The Bertz CT molecular complexity index is 1390. The zero-order valence-electron chi connectivity index (χ0n) is 14.6. The summed E-state index contributed by atoms with van der Waals surface area (Å²) in [4.78, 5) is 40.2. The number of thiophene rings is 1. The van der Waals surface area contributed by atoms with Crippen LogP contribution in [-0.2, 0) is 13.1 Å². The molecule has 1 aromatic carbocycles. The number of hydrogen-bond donors (Lipinski definition) is 1. The molecule has 29 heavy (non-hydrogen) atoms. The van der Waals surface area contributed by atoms with Crippen molar-refractivity contribution in [2.24, 2.45) is 0 Å². The number of hydrogen-bond acceptors (Lipinski definition) is 4. The highest BCUT2D eigenvalue weighted by molar-refractivity contribution is 7.09. The summed E-state index contributed by atoms with van der Waals surface area (Å²) < 4.78 is 42.4. The first-order valence-corrected chi connectivity index (χ1v) is 9.30. The number of pyridine rings is 1. The lowest BCUT2D eigenvalue weighted by Crippen LogP contribution is -2.41. The number of halogens is 3. The third-order valence-electron chi connectivity index (χ3n) is 4.48. The lowest BCUT2D eigenvalue weighted by atomic mass is 10.2. The second-order valence-corrected chi connectivity index (χ2v) is 7.07. The van der Waals surface area contributed by atoms with Gasteiger partial charge in [0.25, 0.3) is 11.1 Å². The predicted molar refractivity (Wildman–Crippen MR) is 102 cm³/mol. The molecule has 148 valence electrons. The molecule has 0 unspecified atom stereocenters. The van der Waals surface area contributed by atoms with Gasteiger partial charge >= 0.3 is 5.69 Å². The van der Waals surface area contributed by atoms with E-state index in [1.807, 2.05) is 0 Å². The van der Waals surface area contributed by atoms with Crippen molar-refractivity contribution in [3.05, 3.63) is 101 Å². The number of rotatable bonds is 4. The summed E-state index contributed by atoms with van der Waals surface area (Å²) in [6, 6.07) is 4.63. The van der Waals surface area contributed by atoms with E-state index < -0.39 is 34.3 Å². The van der Waals surface area contributed by atoms with Gasteiger partial charge in [-0.1, -0.05) is 6.07 Å². The normalized spacial score (nSPS) is 11.3. The standard InChI is InChI=1S/C19H12F3N3O3S/c20-13-4-10(5-14(21)16(13)22)6-24-15-9-29-8-12(15)18(27)25(19(24)28)7-11-2-1-3-23-17(11)26/h1-5,8-9H,6-7H2,(H,23,26). The molecule has 1 N–H and O–H groups in total. The Kier molecular flexibility index (Phi) is 4.71. The molecule has 0 spiro atoms. The number of aromatic amines is 1. The quantitative estimate of drug-likeness (QED) is 0.516. The summed E-state index contributed by atoms with van der Waals surface area (Å²) in [5.74, 6) is -4.35. The largest absolute Gasteiger partial charge is 0.332 e. The van der Waals surface area contributed by atoms with Gasteiger partial charge in [-0.3, -0.25) is 18.7 Å². The summed E-state index contributed by atoms with van der Waals surface area (Å²) >= 11 is 1.18. The molecule has 0 amide bonds. The van der Waals surface area contributed by atoms with Crippen molar-refractivity contribution in [3.63, 3.8) is 0 Å². The third-order valence-corrected chi connectivity index (χ3v) is 5.21. The number of nitrogens with one attached hydrogen (secondary N) is 1. The van der Waals surface area contributed by atoms with Crippen LogP contribution >= 0.6 is 11.3 Å². The first-order valence-electron chi connectivity index (χ1n) is 8.36. The summed E-state index contributed by atoms with van der Waals surface area (Å²) in [5, 5.41) is 3.34. The van der Waals surface area contributed by atoms with Crippen LogP contribution in [0, 0.1) is 17.5 Å². The van der Waals surface area contributed by atoms with Gasteiger partial charge in [-0.05, 0) is 23.8 Å². The van der Waals surface area contributed by atoms with E-state index in [1.54, 1.807) is 16.8 Å². The summed E-state index contributed by atoms with van der Waals surface area (Å²) in [6.45, 7) is -0.558. The van der Waals surface area contributed by atoms with Crippen molar-refractivity contribution in [2.75, 3.05) is 0 Å². The van der Waals surface area contributed by atoms with Crippen LogP contribution in [0.5, 0.6) is 0 Å². The fraction of sp³-hybridized carbons (Fsp3) is 0.105. The molecule has 6 nitrogen and oxygen atoms in total. The Labute approximate surface area is 164 Å². The molecule has 4 aromatic rings. The molecule has 0 saturated carbocycles. The molecule has 3 aromatic heterocycles. The number of benzene rings is 1. The molecule has 0 radical (unpaired) electrons. The van der Waals surface area contributed by atoms with Gasteiger partial charge < -0.3 is 4.98 Å². The molecule has 3 heterocycles. The molecule has 0 aliphatic carbocycles. The molecule has 0 fully saturated rings. The summed E-state index contributed by atoms with van der Waals surface area (Å²) in [7, 11) is 0. The topological polar surface area (TPSA) is 76.9 Å². The monoisotopic (exact) mass is 419 g/mol. The van der Waals surface area contributed by atoms with Crippen molar-refractivity contribution in [1.82, 2.24) is 14.1 Å². The Hall–Kier alpha value is -3.40. The molecule has 10 heteroatoms. The summed E-state index contributed by atoms with van der Waals surface area (Å²) in [5.41, 5.74) is -1.28. The minimum Gasteiger partial charge on any atom is -0.329 e. The van der Waals surface area contributed by atoms with Crippen LogP contribution in [0.3, 0.4) is 0 Å². The maximum absolute atomic E-state index is 13.6. The predicted octanol–water partition coefficient (Wildman–Crippen LogP) is 2.43. The number of H-pyrrole nitrogens is 1. The molecule has 0 bridgehead atoms. The average molecular weight is 419 g/mol. The van der Waals surface area contributed by atoms with E-state index in [0.717, 1.165) is 21.3 Å². The second kappa shape index (κ2) is 7.21. The van der Waals surface area contributed by atoms with E-state index in [1.165, 1.54) is 23.6 Å². The molecular formula is C19H12F3N3O3S. The van der Waals surface area contributed by atoms with Crippen LogP contribution in [0.25, 0.3) is 10.9 Å². The Morgan fingerprint density at radius 3 is 2.38 bits per heavy atom. The van der Waals surface area contributed by atoms with E-state index in [2.05, 4.69) is 4.98 Å². The average Bonchev–Trinajstić information content (AvgIpc) is 3.18. The van der Waals surface area contributed by atoms with Crippen molar-refractivity contribution in [2.45, 2.75) is 13.1 Å². The Morgan fingerprint density at radius 2 is 1.69 bits per heavy atom. The van der Waals surface area contributed by atoms with E-state index in [0.29, 0.717) is 0 Å². The zero-order chi connectivity index (χ0) is 20.7. The minimum absolute atomic E-state index is 0.0127. The molecule has 0 atom stereocenters. The van der Waals surface area contributed by atoms with Gasteiger partial charge in [0.15, 0.2) is 17.5 Å². The van der Waals surface area contributed by atoms with Gasteiger partial charge in [-0.25, -0.2) is 18.0 Å². The van der Waals surface area contributed by atoms with Gasteiger partial charge in [-0.15, -0.1) is 11.3 Å². The van der Waals surface area contributed by atoms with Crippen molar-refractivity contribution >= 4 is 22.2 Å². The van der Waals surface area contributed by atoms with Gasteiger partial charge in [0.1, 0.15) is 0 Å². The highest BCUT2D eigenvalue weighted by Gasteiger charge is 2.17. The van der Waals surface area contributed by atoms with Gasteiger partial charge in [0.05, 0.1) is 24.0 Å². The first kappa shape index (κ1) is 18.9. The number of nitrogens with zero attached hydrogens (tertiary/aromatic N) is 2. The van der Waals surface area contributed by atoms with Crippen LogP contribution in [0.15, 0.2) is 55.6 Å². The minimum atomic E-state index is -1.60. The highest BCUT2D eigenvalue weighted by Crippen LogP contribution is 2.18. The van der Waals surface area contributed by atoms with Crippen LogP contribution in [0.1, 0.15) is 11.1 Å². The van der Waals surface area contributed by atoms with E-state index >= 15 is 0 Å². The summed E-state index contributed by atoms with van der Waals surface area (Å²) in [6.07, 6.45) is 1.42. The number of aromatic nitrogens is 3. The van der Waals surface area contributed by atoms with Crippen molar-refractivity contribution < 1.29 is 13.2 Å². The van der Waals surface area contributed by atoms with Gasteiger partial charge in [0, 0.05) is 22.5 Å². The molecule has 4 rings (SSSR count). The maximum Gasteiger partial charge on any atom is 0.332 e. The van der Waals surface area contributed by atoms with E-state index in [-0.39, 0.29) is 35.1 Å². The Balaban J connectivity index is 1.90. The second-order valence-electron chi connectivity index (χ2n) is 6.33. The first-order chi connectivity index (χ1) is 13.9. The molecule has 0 aliphatic rings. The molecule has 0 saturated heterocycles. The lowest BCUT2D eigenvalue weighted by molar-refractivity contribution is 0.444. The Morgan fingerprint density at radius 1 is 0.966 bits per heavy atom. The van der Waals surface area contributed by atoms with Gasteiger partial charge in [-0.2, -0.15) is 0 Å².